The first kappa shape index (κ1) is 20.7. The quantitative estimate of drug-likeness (QED) is 0.252. The highest BCUT2D eigenvalue weighted by Crippen LogP contribution is 2.24. The van der Waals surface area contributed by atoms with Gasteiger partial charge in [-0.15, -0.1) is 5.12 Å². The van der Waals surface area contributed by atoms with Gasteiger partial charge in [-0.05, 0) is 17.7 Å². The van der Waals surface area contributed by atoms with Crippen molar-refractivity contribution in [3.05, 3.63) is 34.6 Å². The van der Waals surface area contributed by atoms with Gasteiger partial charge in [0.15, 0.2) is 0 Å². The maximum Gasteiger partial charge on any atom is 0.111 e. The van der Waals surface area contributed by atoms with Crippen molar-refractivity contribution >= 4 is 34.4 Å². The van der Waals surface area contributed by atoms with Crippen LogP contribution in [-0.2, 0) is 6.54 Å². The Bertz CT molecular complexity index is 899. The van der Waals surface area contributed by atoms with Crippen LogP contribution in [0.2, 0.25) is 5.02 Å². The molecule has 4 rings (SSSR count). The minimum atomic E-state index is -1.62. The normalized spacial score (nSPS) is 32.8. The van der Waals surface area contributed by atoms with E-state index in [1.54, 1.807) is 17.4 Å². The van der Waals surface area contributed by atoms with Crippen molar-refractivity contribution in [1.29, 1.82) is 0 Å². The number of hydrogen-bond donors (Lipinski definition) is 8. The lowest BCUT2D eigenvalue weighted by molar-refractivity contribution is -0.189. The van der Waals surface area contributed by atoms with Gasteiger partial charge in [0.1, 0.15) is 41.6 Å². The molecule has 11 nitrogen and oxygen atoms in total. The van der Waals surface area contributed by atoms with Crippen molar-refractivity contribution in [2.45, 2.75) is 43.1 Å². The Kier molecular flexibility index (Phi) is 5.88. The van der Waals surface area contributed by atoms with E-state index >= 15 is 0 Å². The van der Waals surface area contributed by atoms with E-state index < -0.39 is 36.6 Å². The zero-order valence-electron chi connectivity index (χ0n) is 15.0. The van der Waals surface area contributed by atoms with E-state index in [1.807, 2.05) is 6.07 Å². The molecule has 1 fully saturated rings. The fourth-order valence-electron chi connectivity index (χ4n) is 3.41. The molecular formula is C16H21ClN6O5S. The Morgan fingerprint density at radius 1 is 1.00 bits per heavy atom. The molecule has 2 aliphatic rings. The number of hydrogen-bond acceptors (Lipinski definition) is 12. The third-order valence-corrected chi connectivity index (χ3v) is 6.00. The highest BCUT2D eigenvalue weighted by Gasteiger charge is 2.48. The molecule has 158 valence electrons. The second-order valence-corrected chi connectivity index (χ2v) is 7.99. The second-order valence-electron chi connectivity index (χ2n) is 7.05. The molecule has 0 bridgehead atoms. The molecule has 13 heteroatoms. The van der Waals surface area contributed by atoms with Gasteiger partial charge in [0.25, 0.3) is 0 Å². The smallest absolute Gasteiger partial charge is 0.111 e. The predicted octanol–water partition coefficient (Wildman–Crippen LogP) is -2.21. The van der Waals surface area contributed by atoms with Gasteiger partial charge in [-0.3, -0.25) is 0 Å². The van der Waals surface area contributed by atoms with Crippen molar-refractivity contribution < 1.29 is 25.5 Å². The Hall–Kier alpha value is -1.61. The van der Waals surface area contributed by atoms with E-state index in [-0.39, 0.29) is 6.54 Å². The van der Waals surface area contributed by atoms with Gasteiger partial charge in [-0.25, -0.2) is 0 Å². The topological polar surface area (TPSA) is 166 Å². The average molecular weight is 445 g/mol. The lowest BCUT2D eigenvalue weighted by Crippen LogP contribution is -2.67. The Morgan fingerprint density at radius 3 is 2.31 bits per heavy atom. The SMILES string of the molecule is OC1C(O)C(O)C(NCC2=CNN(Cc3cc4nsnc4cc3Cl)N2)C(O)C1O. The number of rotatable bonds is 5. The van der Waals surface area contributed by atoms with Crippen molar-refractivity contribution in [3.8, 4) is 0 Å². The Morgan fingerprint density at radius 2 is 1.62 bits per heavy atom. The molecule has 29 heavy (non-hydrogen) atoms. The number of nitrogens with one attached hydrogen (secondary N) is 3. The summed E-state index contributed by atoms with van der Waals surface area (Å²) in [6, 6.07) is 2.61. The minimum Gasteiger partial charge on any atom is -0.389 e. The lowest BCUT2D eigenvalue weighted by atomic mass is 9.83. The zero-order chi connectivity index (χ0) is 20.7. The van der Waals surface area contributed by atoms with Gasteiger partial charge in [0, 0.05) is 17.8 Å². The fourth-order valence-corrected chi connectivity index (χ4v) is 4.14. The van der Waals surface area contributed by atoms with E-state index in [1.165, 1.54) is 0 Å². The third kappa shape index (κ3) is 4.03. The van der Waals surface area contributed by atoms with E-state index in [0.29, 0.717) is 17.3 Å². The highest BCUT2D eigenvalue weighted by molar-refractivity contribution is 7.00. The first-order valence-electron chi connectivity index (χ1n) is 8.89. The zero-order valence-corrected chi connectivity index (χ0v) is 16.5. The van der Waals surface area contributed by atoms with Crippen LogP contribution in [0.1, 0.15) is 5.56 Å². The van der Waals surface area contributed by atoms with Crippen molar-refractivity contribution in [2.24, 2.45) is 0 Å². The first-order chi connectivity index (χ1) is 13.8. The summed E-state index contributed by atoms with van der Waals surface area (Å²) in [5, 5.41) is 54.5. The molecule has 4 atom stereocenters. The van der Waals surface area contributed by atoms with Gasteiger partial charge in [0.05, 0.1) is 30.0 Å². The number of benzene rings is 1. The fraction of sp³-hybridized carbons (Fsp3) is 0.500. The molecule has 0 saturated heterocycles. The monoisotopic (exact) mass is 444 g/mol. The minimum absolute atomic E-state index is 0.195. The summed E-state index contributed by atoms with van der Waals surface area (Å²) in [4.78, 5) is 0. The Labute approximate surface area is 174 Å². The largest absolute Gasteiger partial charge is 0.389 e. The van der Waals surface area contributed by atoms with Crippen LogP contribution in [0, 0.1) is 0 Å². The van der Waals surface area contributed by atoms with Crippen molar-refractivity contribution in [3.63, 3.8) is 0 Å². The summed E-state index contributed by atoms with van der Waals surface area (Å²) in [5.74, 6) is 0. The van der Waals surface area contributed by atoms with Crippen LogP contribution < -0.4 is 16.2 Å². The number of hydrazine groups is 2. The van der Waals surface area contributed by atoms with Gasteiger partial charge in [0.2, 0.25) is 0 Å². The van der Waals surface area contributed by atoms with Crippen LogP contribution in [0.5, 0.6) is 0 Å². The average Bonchev–Trinajstić information content (AvgIpc) is 3.34. The standard InChI is InChI=1S/C16H21ClN6O5S/c17-8-2-10-9(21-29-22-10)1-6(8)5-23-19-4-7(20-23)3-18-11-12(24)14(26)16(28)15(27)13(11)25/h1-2,4,11-16,18-20,24-28H,3,5H2. The van der Waals surface area contributed by atoms with E-state index in [4.69, 9.17) is 11.6 Å². The third-order valence-electron chi connectivity index (χ3n) is 5.09. The molecule has 0 spiro atoms. The molecule has 4 unspecified atom stereocenters. The summed E-state index contributed by atoms with van der Waals surface area (Å²) < 4.78 is 8.36. The molecule has 2 heterocycles. The van der Waals surface area contributed by atoms with E-state index in [0.717, 1.165) is 28.3 Å². The Balaban J connectivity index is 1.33. The molecule has 0 radical (unpaired) electrons. The molecule has 0 amide bonds. The molecule has 1 aliphatic heterocycles. The molecule has 1 aliphatic carbocycles. The number of nitrogens with zero attached hydrogens (tertiary/aromatic N) is 3. The second kappa shape index (κ2) is 8.26. The van der Waals surface area contributed by atoms with Gasteiger partial charge >= 0.3 is 0 Å². The van der Waals surface area contributed by atoms with Crippen LogP contribution in [0.15, 0.2) is 24.0 Å². The van der Waals surface area contributed by atoms with Crippen molar-refractivity contribution in [2.75, 3.05) is 6.54 Å². The van der Waals surface area contributed by atoms with E-state index in [9.17, 15) is 25.5 Å². The van der Waals surface area contributed by atoms with Crippen LogP contribution >= 0.6 is 23.3 Å². The van der Waals surface area contributed by atoms with E-state index in [2.05, 4.69) is 24.9 Å². The molecular weight excluding hydrogens is 424 g/mol. The molecule has 2 aromatic rings. The maximum absolute atomic E-state index is 10.1. The number of aromatic nitrogens is 2. The summed E-state index contributed by atoms with van der Waals surface area (Å²) in [7, 11) is 0. The first-order valence-corrected chi connectivity index (χ1v) is 10.00. The van der Waals surface area contributed by atoms with Crippen molar-refractivity contribution in [1.82, 2.24) is 30.0 Å². The van der Waals surface area contributed by atoms with Crippen LogP contribution in [-0.4, -0.2) is 82.5 Å². The van der Waals surface area contributed by atoms with Crippen LogP contribution in [0.4, 0.5) is 0 Å². The number of halogens is 1. The van der Waals surface area contributed by atoms with Gasteiger partial charge < -0.3 is 41.7 Å². The molecule has 1 aromatic heterocycles. The number of fused-ring (bicyclic) bond motifs is 1. The maximum atomic E-state index is 10.1. The summed E-state index contributed by atoms with van der Waals surface area (Å²) >= 11 is 7.43. The van der Waals surface area contributed by atoms with Crippen LogP contribution in [0.3, 0.4) is 0 Å². The molecule has 8 N–H and O–H groups in total. The summed E-state index contributed by atoms with van der Waals surface area (Å²) in [5.41, 5.74) is 9.16. The summed E-state index contributed by atoms with van der Waals surface area (Å²) in [6.45, 7) is 0.616. The van der Waals surface area contributed by atoms with Gasteiger partial charge in [-0.2, -0.15) is 8.75 Å². The lowest BCUT2D eigenvalue weighted by Gasteiger charge is -2.42. The summed E-state index contributed by atoms with van der Waals surface area (Å²) in [6.07, 6.45) is -5.94. The molecule has 1 aromatic carbocycles. The van der Waals surface area contributed by atoms with Crippen LogP contribution in [0.25, 0.3) is 11.0 Å². The highest BCUT2D eigenvalue weighted by atomic mass is 35.5. The number of aliphatic hydroxyl groups excluding tert-OH is 5. The number of aliphatic hydroxyl groups is 5. The molecule has 1 saturated carbocycles. The predicted molar refractivity (Wildman–Crippen MR) is 104 cm³/mol. The van der Waals surface area contributed by atoms with Gasteiger partial charge in [-0.1, -0.05) is 11.6 Å².